The molecule has 0 aliphatic carbocycles. The Morgan fingerprint density at radius 3 is 2.46 bits per heavy atom. The molecular formula is C31H41N11O8. The summed E-state index contributed by atoms with van der Waals surface area (Å²) in [5.41, 5.74) is 8.76. The number of hydrogen-bond donors (Lipinski definition) is 5. The van der Waals surface area contributed by atoms with Crippen LogP contribution in [0.5, 0.6) is 0 Å². The Kier molecular flexibility index (Phi) is 15.5. The highest BCUT2D eigenvalue weighted by Gasteiger charge is 2.22. The highest BCUT2D eigenvalue weighted by molar-refractivity contribution is 5.98. The van der Waals surface area contributed by atoms with Gasteiger partial charge in [0, 0.05) is 49.1 Å². The highest BCUT2D eigenvalue weighted by atomic mass is 16.5. The minimum absolute atomic E-state index is 0.0195. The van der Waals surface area contributed by atoms with E-state index in [0.29, 0.717) is 30.5 Å². The van der Waals surface area contributed by atoms with Crippen LogP contribution in [-0.2, 0) is 30.4 Å². The minimum Gasteiger partial charge on any atom is -0.480 e. The number of hydrogen-bond acceptors (Lipinski definition) is 12. The van der Waals surface area contributed by atoms with Gasteiger partial charge in [0.25, 0.3) is 11.5 Å². The zero-order chi connectivity index (χ0) is 36.5. The van der Waals surface area contributed by atoms with Gasteiger partial charge in [-0.2, -0.15) is 4.98 Å². The molecule has 2 aromatic heterocycles. The molecule has 0 fully saturated rings. The maximum atomic E-state index is 12.9. The number of carbonyl (C=O) groups is 4. The smallest absolute Gasteiger partial charge is 0.326 e. The maximum absolute atomic E-state index is 12.9. The first kappa shape index (κ1) is 38.8. The Morgan fingerprint density at radius 1 is 1.08 bits per heavy atom. The van der Waals surface area contributed by atoms with Gasteiger partial charge in [-0.3, -0.25) is 24.2 Å². The summed E-state index contributed by atoms with van der Waals surface area (Å²) in [5.74, 6) is -2.11. The molecule has 0 unspecified atom stereocenters. The molecule has 0 saturated heterocycles. The summed E-state index contributed by atoms with van der Waals surface area (Å²) in [6, 6.07) is 4.58. The lowest BCUT2D eigenvalue weighted by molar-refractivity contribution is -0.139. The number of nitrogens with zero attached hydrogens (tertiary/aromatic N) is 7. The summed E-state index contributed by atoms with van der Waals surface area (Å²) < 4.78 is 10.5. The molecule has 0 aliphatic rings. The Bertz CT molecular complexity index is 1730. The number of rotatable bonds is 21. The van der Waals surface area contributed by atoms with Gasteiger partial charge in [-0.25, -0.2) is 14.8 Å². The molecule has 0 saturated carbocycles. The summed E-state index contributed by atoms with van der Waals surface area (Å²) in [7, 11) is 0. The van der Waals surface area contributed by atoms with Crippen molar-refractivity contribution >= 4 is 46.5 Å². The van der Waals surface area contributed by atoms with E-state index < -0.39 is 29.4 Å². The zero-order valence-electron chi connectivity index (χ0n) is 28.0. The molecule has 268 valence electrons. The lowest BCUT2D eigenvalue weighted by atomic mass is 10.1. The fraction of sp³-hybridized carbons (Fsp3) is 0.484. The van der Waals surface area contributed by atoms with Crippen LogP contribution in [-0.4, -0.2) is 101 Å². The average Bonchev–Trinajstić information content (AvgIpc) is 3.08. The third-order valence-corrected chi connectivity index (χ3v) is 6.89. The number of fused-ring (bicyclic) bond motifs is 1. The van der Waals surface area contributed by atoms with Crippen LogP contribution in [0.2, 0.25) is 0 Å². The van der Waals surface area contributed by atoms with Crippen LogP contribution in [0.1, 0.15) is 49.7 Å². The van der Waals surface area contributed by atoms with Crippen molar-refractivity contribution in [2.45, 2.75) is 46.2 Å². The number of anilines is 2. The topological polar surface area (TPSA) is 267 Å². The Morgan fingerprint density at radius 2 is 1.80 bits per heavy atom. The molecule has 5 N–H and O–H groups in total. The number of benzene rings is 1. The number of carboxylic acids is 1. The second kappa shape index (κ2) is 20.0. The molecule has 0 spiro atoms. The van der Waals surface area contributed by atoms with Gasteiger partial charge in [0.15, 0.2) is 11.2 Å². The lowest BCUT2D eigenvalue weighted by Crippen LogP contribution is -2.41. The summed E-state index contributed by atoms with van der Waals surface area (Å²) >= 11 is 0. The van der Waals surface area contributed by atoms with Gasteiger partial charge in [-0.15, -0.1) is 0 Å². The standard InChI is InChI=1S/C31H41N11O8/c1-19(2)16-35-31-39-27-26(29(46)40-31)37-22(17-34-27)18-42(20(3)43)23-6-4-21(5-7-23)28(45)38-24(30(47)48)8-9-25(44)33-10-12-49-14-15-50-13-11-36-41-32/h4-7,17,19,24H,8-16,18H2,1-3H3,(H,33,44)(H,38,45)(H,47,48)(H2,34,35,39,40,46)/t24-/m0/s1. The van der Waals surface area contributed by atoms with Crippen molar-refractivity contribution in [3.05, 3.63) is 62.5 Å². The summed E-state index contributed by atoms with van der Waals surface area (Å²) in [5, 5.41) is 21.0. The fourth-order valence-corrected chi connectivity index (χ4v) is 4.35. The number of aromatic amines is 1. The quantitative estimate of drug-likeness (QED) is 0.0462. The first-order valence-corrected chi connectivity index (χ1v) is 15.8. The van der Waals surface area contributed by atoms with Crippen molar-refractivity contribution in [2.75, 3.05) is 56.3 Å². The molecule has 19 heteroatoms. The Hall–Kier alpha value is -5.65. The number of azide groups is 1. The van der Waals surface area contributed by atoms with E-state index in [4.69, 9.17) is 15.0 Å². The molecule has 2 heterocycles. The molecule has 0 bridgehead atoms. The van der Waals surface area contributed by atoms with Crippen molar-refractivity contribution in [2.24, 2.45) is 11.0 Å². The fourth-order valence-electron chi connectivity index (χ4n) is 4.35. The molecule has 50 heavy (non-hydrogen) atoms. The van der Waals surface area contributed by atoms with Gasteiger partial charge in [-0.1, -0.05) is 19.0 Å². The van der Waals surface area contributed by atoms with Gasteiger partial charge in [0.05, 0.1) is 44.9 Å². The Balaban J connectivity index is 1.52. The first-order chi connectivity index (χ1) is 24.0. The van der Waals surface area contributed by atoms with Crippen molar-refractivity contribution in [3.8, 4) is 0 Å². The monoisotopic (exact) mass is 695 g/mol. The number of carboxylic acid groups (broad SMARTS) is 1. The van der Waals surface area contributed by atoms with Crippen LogP contribution in [0.25, 0.3) is 21.6 Å². The van der Waals surface area contributed by atoms with E-state index in [2.05, 4.69) is 45.9 Å². The Labute approximate surface area is 286 Å². The third kappa shape index (κ3) is 12.8. The van der Waals surface area contributed by atoms with Crippen LogP contribution >= 0.6 is 0 Å². The molecular weight excluding hydrogens is 654 g/mol. The van der Waals surface area contributed by atoms with E-state index in [-0.39, 0.29) is 80.9 Å². The molecule has 0 radical (unpaired) electrons. The van der Waals surface area contributed by atoms with Crippen LogP contribution in [0, 0.1) is 5.92 Å². The van der Waals surface area contributed by atoms with Gasteiger partial charge < -0.3 is 35.4 Å². The minimum atomic E-state index is -1.33. The van der Waals surface area contributed by atoms with Crippen molar-refractivity contribution in [1.82, 2.24) is 30.6 Å². The van der Waals surface area contributed by atoms with E-state index in [1.165, 1.54) is 42.3 Å². The number of amides is 3. The summed E-state index contributed by atoms with van der Waals surface area (Å²) in [6.07, 6.45) is 1.13. The van der Waals surface area contributed by atoms with Gasteiger partial charge in [0.2, 0.25) is 17.8 Å². The van der Waals surface area contributed by atoms with E-state index in [1.807, 2.05) is 13.8 Å². The van der Waals surface area contributed by atoms with Crippen molar-refractivity contribution in [3.63, 3.8) is 0 Å². The molecule has 3 rings (SSSR count). The number of nitrogens with one attached hydrogen (secondary N) is 4. The van der Waals surface area contributed by atoms with Crippen LogP contribution in [0.3, 0.4) is 0 Å². The number of carbonyl (C=O) groups excluding carboxylic acids is 3. The summed E-state index contributed by atoms with van der Waals surface area (Å²) in [6.45, 7) is 7.46. The number of aliphatic carboxylic acids is 1. The lowest BCUT2D eigenvalue weighted by Gasteiger charge is -2.21. The van der Waals surface area contributed by atoms with Gasteiger partial charge in [-0.05, 0) is 42.1 Å². The first-order valence-electron chi connectivity index (χ1n) is 15.8. The predicted molar refractivity (Wildman–Crippen MR) is 181 cm³/mol. The van der Waals surface area contributed by atoms with Crippen molar-refractivity contribution < 1.29 is 33.8 Å². The van der Waals surface area contributed by atoms with E-state index in [9.17, 15) is 29.1 Å². The van der Waals surface area contributed by atoms with Crippen LogP contribution in [0.4, 0.5) is 11.6 Å². The predicted octanol–water partition coefficient (Wildman–Crippen LogP) is 1.76. The molecule has 0 aliphatic heterocycles. The third-order valence-electron chi connectivity index (χ3n) is 6.89. The molecule has 3 aromatic rings. The average molecular weight is 696 g/mol. The molecule has 19 nitrogen and oxygen atoms in total. The van der Waals surface area contributed by atoms with E-state index in [0.717, 1.165) is 0 Å². The molecule has 3 amide bonds. The largest absolute Gasteiger partial charge is 0.480 e. The van der Waals surface area contributed by atoms with E-state index in [1.54, 1.807) is 0 Å². The number of aromatic nitrogens is 4. The molecule has 1 atom stereocenters. The van der Waals surface area contributed by atoms with E-state index >= 15 is 0 Å². The van der Waals surface area contributed by atoms with Crippen LogP contribution < -0.4 is 26.4 Å². The zero-order valence-corrected chi connectivity index (χ0v) is 28.0. The second-order valence-electron chi connectivity index (χ2n) is 11.3. The second-order valence-corrected chi connectivity index (χ2v) is 11.3. The number of H-pyrrole nitrogens is 1. The maximum Gasteiger partial charge on any atom is 0.326 e. The van der Waals surface area contributed by atoms with Gasteiger partial charge >= 0.3 is 5.97 Å². The SMILES string of the molecule is CC(=O)N(Cc1cnc2nc(NCC(C)C)[nH]c(=O)c2n1)c1ccc(C(=O)N[C@@H](CCC(=O)NCCOCCOCCN=[N+]=[N-])C(=O)O)cc1. The highest BCUT2D eigenvalue weighted by Crippen LogP contribution is 2.19. The normalized spacial score (nSPS) is 11.4. The van der Waals surface area contributed by atoms with Crippen molar-refractivity contribution in [1.29, 1.82) is 0 Å². The molecule has 1 aromatic carbocycles. The number of ether oxygens (including phenoxy) is 2. The van der Waals surface area contributed by atoms with Gasteiger partial charge in [0.1, 0.15) is 6.04 Å². The van der Waals surface area contributed by atoms with Crippen LogP contribution in [0.15, 0.2) is 40.4 Å². The summed E-state index contributed by atoms with van der Waals surface area (Å²) in [4.78, 5) is 81.6.